The molecular formula is C20H27N4O11PS. The summed E-state index contributed by atoms with van der Waals surface area (Å²) in [5, 5.41) is 20.7. The van der Waals surface area contributed by atoms with Gasteiger partial charge in [-0.2, -0.15) is 0 Å². The molecule has 17 heteroatoms. The Kier molecular flexibility index (Phi) is 8.13. The van der Waals surface area contributed by atoms with Crippen LogP contribution in [0.2, 0.25) is 0 Å². The standard InChI is InChI=1S/C20H27N4O11PS/c1-9-5-23(19(29)21-17(9)27)15-3-11(25)13(34-15)7-32-36(31,37)33-8-14-12(26)4-16(35-14)24-6-10(2)18(28)22-20(24)30/h5-6,11-16,25-26H,3-4,7-8H2,1-2H3,(H,31,37)(H,21,27,29)(H,22,28,30)/t11?,12?,13-,14-,15-,16-,36?/m1/s1. The maximum atomic E-state index is 12.1. The molecule has 2 saturated heterocycles. The maximum Gasteiger partial charge on any atom is 0.330 e. The average molecular weight is 562 g/mol. The van der Waals surface area contributed by atoms with E-state index < -0.39 is 66.1 Å². The molecule has 204 valence electrons. The largest absolute Gasteiger partial charge is 0.390 e. The van der Waals surface area contributed by atoms with E-state index in [0.717, 1.165) is 9.13 Å². The van der Waals surface area contributed by atoms with E-state index in [1.165, 1.54) is 26.2 Å². The van der Waals surface area contributed by atoms with Gasteiger partial charge < -0.3 is 33.6 Å². The SMILES string of the molecule is Cc1cn([C@H]2CC(O)[C@@H](COP(O)(=S)OC[C@H]3O[C@@H](n4cc(C)c(=O)[nH]c4=O)CC3O)O2)c(=O)[nH]c1=O. The molecule has 0 saturated carbocycles. The van der Waals surface area contributed by atoms with Gasteiger partial charge >= 0.3 is 18.1 Å². The number of aliphatic hydroxyl groups excluding tert-OH is 2. The van der Waals surface area contributed by atoms with Crippen LogP contribution >= 0.6 is 6.72 Å². The highest BCUT2D eigenvalue weighted by Gasteiger charge is 2.39. The van der Waals surface area contributed by atoms with Gasteiger partial charge in [-0.1, -0.05) is 0 Å². The summed E-state index contributed by atoms with van der Waals surface area (Å²) in [6, 6.07) is 0. The van der Waals surface area contributed by atoms with Gasteiger partial charge in [-0.25, -0.2) is 9.59 Å². The molecule has 4 rings (SSSR count). The molecule has 5 N–H and O–H groups in total. The van der Waals surface area contributed by atoms with Crippen LogP contribution in [-0.2, 0) is 30.3 Å². The summed E-state index contributed by atoms with van der Waals surface area (Å²) in [5.74, 6) is 0. The predicted octanol–water partition coefficient (Wildman–Crippen LogP) is -1.75. The van der Waals surface area contributed by atoms with Crippen LogP contribution in [0.5, 0.6) is 0 Å². The summed E-state index contributed by atoms with van der Waals surface area (Å²) < 4.78 is 24.2. The van der Waals surface area contributed by atoms with Gasteiger partial charge in [0.2, 0.25) is 0 Å². The molecule has 15 nitrogen and oxygen atoms in total. The zero-order valence-electron chi connectivity index (χ0n) is 19.8. The molecule has 0 aliphatic carbocycles. The number of nitrogens with zero attached hydrogens (tertiary/aromatic N) is 2. The van der Waals surface area contributed by atoms with Crippen LogP contribution in [0.1, 0.15) is 36.4 Å². The van der Waals surface area contributed by atoms with Crippen molar-refractivity contribution in [2.45, 2.75) is 63.6 Å². The second kappa shape index (κ2) is 10.8. The van der Waals surface area contributed by atoms with E-state index in [-0.39, 0.29) is 37.2 Å². The molecule has 2 fully saturated rings. The minimum absolute atomic E-state index is 0.0294. The third kappa shape index (κ3) is 6.25. The fourth-order valence-corrected chi connectivity index (χ4v) is 5.15. The van der Waals surface area contributed by atoms with Crippen molar-refractivity contribution >= 4 is 18.5 Å². The lowest BCUT2D eigenvalue weighted by molar-refractivity contribution is -0.0537. The molecule has 6 atom stereocenters. The van der Waals surface area contributed by atoms with E-state index in [9.17, 15) is 34.3 Å². The molecule has 0 bridgehead atoms. The van der Waals surface area contributed by atoms with E-state index in [1.54, 1.807) is 0 Å². The molecule has 2 aromatic heterocycles. The van der Waals surface area contributed by atoms with Gasteiger partial charge in [0.05, 0.1) is 25.4 Å². The zero-order valence-corrected chi connectivity index (χ0v) is 21.5. The molecule has 4 heterocycles. The summed E-state index contributed by atoms with van der Waals surface area (Å²) in [6.07, 6.45) is -3.05. The van der Waals surface area contributed by atoms with Crippen molar-refractivity contribution in [3.8, 4) is 0 Å². The van der Waals surface area contributed by atoms with Crippen molar-refractivity contribution in [2.24, 2.45) is 0 Å². The second-order valence-electron chi connectivity index (χ2n) is 8.88. The van der Waals surface area contributed by atoms with Crippen molar-refractivity contribution in [2.75, 3.05) is 13.2 Å². The van der Waals surface area contributed by atoms with Gasteiger partial charge in [-0.3, -0.25) is 28.7 Å². The van der Waals surface area contributed by atoms with E-state index in [0.29, 0.717) is 0 Å². The minimum Gasteiger partial charge on any atom is -0.390 e. The Morgan fingerprint density at radius 1 is 0.892 bits per heavy atom. The van der Waals surface area contributed by atoms with Crippen LogP contribution in [0.3, 0.4) is 0 Å². The van der Waals surface area contributed by atoms with Crippen LogP contribution in [0, 0.1) is 13.8 Å². The first kappa shape index (κ1) is 27.8. The molecule has 2 aliphatic heterocycles. The topological polar surface area (TPSA) is 207 Å². The Balaban J connectivity index is 1.31. The maximum absolute atomic E-state index is 12.1. The Morgan fingerprint density at radius 3 is 1.65 bits per heavy atom. The molecule has 37 heavy (non-hydrogen) atoms. The van der Waals surface area contributed by atoms with Crippen LogP contribution in [0.4, 0.5) is 0 Å². The third-order valence-corrected chi connectivity index (χ3v) is 7.71. The van der Waals surface area contributed by atoms with Crippen LogP contribution in [0.15, 0.2) is 31.6 Å². The monoisotopic (exact) mass is 562 g/mol. The molecule has 0 amide bonds. The number of aryl methyl sites for hydroxylation is 2. The number of aliphatic hydroxyl groups is 2. The molecular weight excluding hydrogens is 535 g/mol. The van der Waals surface area contributed by atoms with Crippen LogP contribution in [-0.4, -0.2) is 71.8 Å². The molecule has 0 radical (unpaired) electrons. The van der Waals surface area contributed by atoms with Gasteiger partial charge in [-0.05, 0) is 25.7 Å². The highest BCUT2D eigenvalue weighted by atomic mass is 32.5. The summed E-state index contributed by atoms with van der Waals surface area (Å²) >= 11 is 5.00. The first-order chi connectivity index (χ1) is 17.3. The van der Waals surface area contributed by atoms with Gasteiger partial charge in [-0.15, -0.1) is 0 Å². The van der Waals surface area contributed by atoms with Crippen molar-refractivity contribution in [3.05, 3.63) is 65.2 Å². The van der Waals surface area contributed by atoms with Gasteiger partial charge in [0.1, 0.15) is 24.7 Å². The molecule has 0 spiro atoms. The van der Waals surface area contributed by atoms with Gasteiger partial charge in [0.25, 0.3) is 11.1 Å². The lowest BCUT2D eigenvalue weighted by Crippen LogP contribution is -2.33. The van der Waals surface area contributed by atoms with Crippen LogP contribution in [0.25, 0.3) is 0 Å². The molecule has 2 unspecified atom stereocenters. The number of aromatic nitrogens is 4. The van der Waals surface area contributed by atoms with Crippen molar-refractivity contribution in [1.82, 2.24) is 19.1 Å². The fourth-order valence-electron chi connectivity index (χ4n) is 4.04. The smallest absolute Gasteiger partial charge is 0.330 e. The number of hydrogen-bond donors (Lipinski definition) is 5. The average Bonchev–Trinajstić information content (AvgIpc) is 3.38. The van der Waals surface area contributed by atoms with Crippen molar-refractivity contribution in [3.63, 3.8) is 0 Å². The number of nitrogens with one attached hydrogen (secondary N) is 2. The van der Waals surface area contributed by atoms with Gasteiger partial charge in [0.15, 0.2) is 0 Å². The summed E-state index contributed by atoms with van der Waals surface area (Å²) in [6.45, 7) is -1.53. The first-order valence-electron chi connectivity index (χ1n) is 11.3. The number of ether oxygens (including phenoxy) is 2. The highest BCUT2D eigenvalue weighted by Crippen LogP contribution is 2.45. The number of aromatic amines is 2. The molecule has 2 aromatic rings. The number of rotatable bonds is 8. The van der Waals surface area contributed by atoms with E-state index in [2.05, 4.69) is 9.97 Å². The summed E-state index contributed by atoms with van der Waals surface area (Å²) in [7, 11) is 0. The minimum atomic E-state index is -3.86. The van der Waals surface area contributed by atoms with Crippen molar-refractivity contribution < 1.29 is 33.6 Å². The quantitative estimate of drug-likeness (QED) is 0.227. The lowest BCUT2D eigenvalue weighted by atomic mass is 10.2. The second-order valence-corrected chi connectivity index (χ2v) is 11.7. The van der Waals surface area contributed by atoms with Crippen molar-refractivity contribution in [1.29, 1.82) is 0 Å². The Bertz CT molecular complexity index is 1330. The Hall–Kier alpha value is -2.27. The number of hydrogen-bond acceptors (Lipinski definition) is 11. The fraction of sp³-hybridized carbons (Fsp3) is 0.600. The summed E-state index contributed by atoms with van der Waals surface area (Å²) in [5.41, 5.74) is -1.87. The normalized spacial score (nSPS) is 29.4. The Labute approximate surface area is 213 Å². The Morgan fingerprint density at radius 2 is 1.27 bits per heavy atom. The highest BCUT2D eigenvalue weighted by molar-refractivity contribution is 8.07. The van der Waals surface area contributed by atoms with Crippen LogP contribution < -0.4 is 22.5 Å². The predicted molar refractivity (Wildman–Crippen MR) is 130 cm³/mol. The van der Waals surface area contributed by atoms with E-state index >= 15 is 0 Å². The zero-order chi connectivity index (χ0) is 27.1. The van der Waals surface area contributed by atoms with Gasteiger partial charge in [0, 0.05) is 36.4 Å². The lowest BCUT2D eigenvalue weighted by Gasteiger charge is -2.22. The summed E-state index contributed by atoms with van der Waals surface area (Å²) in [4.78, 5) is 62.1. The van der Waals surface area contributed by atoms with E-state index in [1.807, 2.05) is 0 Å². The number of H-pyrrole nitrogens is 2. The molecule has 2 aliphatic rings. The van der Waals surface area contributed by atoms with E-state index in [4.69, 9.17) is 30.3 Å². The third-order valence-electron chi connectivity index (χ3n) is 6.12. The molecule has 0 aromatic carbocycles. The first-order valence-corrected chi connectivity index (χ1v) is 13.9.